The van der Waals surface area contributed by atoms with Crippen molar-refractivity contribution in [1.29, 1.82) is 5.26 Å². The Morgan fingerprint density at radius 3 is 2.82 bits per heavy atom. The van der Waals surface area contributed by atoms with E-state index in [-0.39, 0.29) is 5.75 Å². The van der Waals surface area contributed by atoms with Gasteiger partial charge in [-0.25, -0.2) is 0 Å². The fraction of sp³-hybridized carbons (Fsp3) is 0.154. The van der Waals surface area contributed by atoms with Crippen molar-refractivity contribution in [2.24, 2.45) is 0 Å². The Hall–Kier alpha value is -2.41. The van der Waals surface area contributed by atoms with Crippen LogP contribution >= 0.6 is 0 Å². The molecule has 86 valence electrons. The molecular formula is C13H12N2O2. The quantitative estimate of drug-likeness (QED) is 0.792. The lowest BCUT2D eigenvalue weighted by Crippen LogP contribution is -1.99. The van der Waals surface area contributed by atoms with Crippen molar-refractivity contribution in [1.82, 2.24) is 0 Å². The summed E-state index contributed by atoms with van der Waals surface area (Å²) in [5.41, 5.74) is 1.88. The van der Waals surface area contributed by atoms with E-state index in [0.717, 1.165) is 11.3 Å². The summed E-state index contributed by atoms with van der Waals surface area (Å²) in [5.74, 6) is 1.26. The first-order valence-corrected chi connectivity index (χ1v) is 5.21. The van der Waals surface area contributed by atoms with Crippen LogP contribution in [0.2, 0.25) is 0 Å². The van der Waals surface area contributed by atoms with Gasteiger partial charge in [-0.1, -0.05) is 0 Å². The van der Waals surface area contributed by atoms with Crippen LogP contribution in [0.25, 0.3) is 0 Å². The number of hydrogen-bond acceptors (Lipinski definition) is 4. The predicted octanol–water partition coefficient (Wildman–Crippen LogP) is 2.78. The van der Waals surface area contributed by atoms with Crippen LogP contribution in [0.3, 0.4) is 0 Å². The molecule has 2 N–H and O–H groups in total. The number of anilines is 1. The molecule has 4 heteroatoms. The van der Waals surface area contributed by atoms with Crippen LogP contribution in [0.4, 0.5) is 5.69 Å². The molecule has 1 heterocycles. The minimum atomic E-state index is 0.248. The minimum Gasteiger partial charge on any atom is -0.508 e. The number of nitrogens with zero attached hydrogens (tertiary/aromatic N) is 1. The molecule has 2 rings (SSSR count). The number of phenols is 1. The van der Waals surface area contributed by atoms with Gasteiger partial charge in [-0.3, -0.25) is 0 Å². The summed E-state index contributed by atoms with van der Waals surface area (Å²) in [4.78, 5) is 0. The zero-order valence-electron chi connectivity index (χ0n) is 9.40. The van der Waals surface area contributed by atoms with E-state index in [0.29, 0.717) is 18.1 Å². The van der Waals surface area contributed by atoms with Gasteiger partial charge in [0.1, 0.15) is 17.6 Å². The highest BCUT2D eigenvalue weighted by Crippen LogP contribution is 2.21. The topological polar surface area (TPSA) is 69.2 Å². The van der Waals surface area contributed by atoms with Crippen LogP contribution in [0, 0.1) is 18.3 Å². The van der Waals surface area contributed by atoms with Gasteiger partial charge < -0.3 is 14.8 Å². The molecular weight excluding hydrogens is 216 g/mol. The van der Waals surface area contributed by atoms with Crippen molar-refractivity contribution in [2.75, 3.05) is 5.32 Å². The highest BCUT2D eigenvalue weighted by Gasteiger charge is 2.03. The number of nitrogens with one attached hydrogen (secondary N) is 1. The van der Waals surface area contributed by atoms with Gasteiger partial charge in [0.25, 0.3) is 0 Å². The van der Waals surface area contributed by atoms with Crippen molar-refractivity contribution in [3.63, 3.8) is 0 Å². The molecule has 1 aromatic carbocycles. The Morgan fingerprint density at radius 2 is 2.18 bits per heavy atom. The Labute approximate surface area is 99.1 Å². The zero-order valence-corrected chi connectivity index (χ0v) is 9.40. The van der Waals surface area contributed by atoms with Gasteiger partial charge in [-0.15, -0.1) is 0 Å². The highest BCUT2D eigenvalue weighted by molar-refractivity contribution is 5.53. The van der Waals surface area contributed by atoms with E-state index in [9.17, 15) is 5.11 Å². The van der Waals surface area contributed by atoms with Crippen LogP contribution in [0.1, 0.15) is 17.1 Å². The van der Waals surface area contributed by atoms with E-state index in [1.165, 1.54) is 0 Å². The lowest BCUT2D eigenvalue weighted by atomic mass is 10.2. The normalized spacial score (nSPS) is 9.88. The first kappa shape index (κ1) is 11.1. The van der Waals surface area contributed by atoms with Crippen LogP contribution in [-0.2, 0) is 6.54 Å². The molecule has 2 aromatic rings. The van der Waals surface area contributed by atoms with Crippen molar-refractivity contribution in [3.8, 4) is 11.8 Å². The second-order valence-electron chi connectivity index (χ2n) is 3.73. The summed E-state index contributed by atoms with van der Waals surface area (Å²) in [5, 5.41) is 21.1. The molecule has 0 unspecified atom stereocenters. The molecule has 0 saturated heterocycles. The lowest BCUT2D eigenvalue weighted by Gasteiger charge is -2.08. The number of benzene rings is 1. The Balaban J connectivity index is 2.05. The lowest BCUT2D eigenvalue weighted by molar-refractivity contribution is 0.475. The molecule has 0 aliphatic heterocycles. The Morgan fingerprint density at radius 1 is 1.35 bits per heavy atom. The molecule has 0 atom stereocenters. The summed E-state index contributed by atoms with van der Waals surface area (Å²) >= 11 is 0. The smallest absolute Gasteiger partial charge is 0.203 e. The molecule has 0 fully saturated rings. The maximum absolute atomic E-state index is 9.28. The maximum atomic E-state index is 9.28. The number of phenolic OH excluding ortho intramolecular Hbond substituents is 1. The first-order chi connectivity index (χ1) is 8.19. The van der Waals surface area contributed by atoms with E-state index in [4.69, 9.17) is 9.68 Å². The van der Waals surface area contributed by atoms with Crippen LogP contribution in [0.15, 0.2) is 34.7 Å². The summed E-state index contributed by atoms with van der Waals surface area (Å²) < 4.78 is 5.25. The summed E-state index contributed by atoms with van der Waals surface area (Å²) in [6, 6.07) is 10.5. The van der Waals surface area contributed by atoms with E-state index in [2.05, 4.69) is 5.32 Å². The summed E-state index contributed by atoms with van der Waals surface area (Å²) in [6.45, 7) is 2.41. The monoisotopic (exact) mass is 228 g/mol. The maximum Gasteiger partial charge on any atom is 0.203 e. The third-order valence-electron chi connectivity index (χ3n) is 2.43. The van der Waals surface area contributed by atoms with Gasteiger partial charge in [0.15, 0.2) is 0 Å². The molecule has 0 saturated carbocycles. The second-order valence-corrected chi connectivity index (χ2v) is 3.73. The first-order valence-electron chi connectivity index (χ1n) is 5.21. The fourth-order valence-electron chi connectivity index (χ4n) is 1.56. The number of aryl methyl sites for hydroxylation is 1. The van der Waals surface area contributed by atoms with Gasteiger partial charge in [0.2, 0.25) is 5.76 Å². The number of aromatic hydroxyl groups is 1. The minimum absolute atomic E-state index is 0.248. The van der Waals surface area contributed by atoms with Gasteiger partial charge in [-0.05, 0) is 42.8 Å². The SMILES string of the molecule is Cc1cc(O)ccc1NCc1ccc(C#N)o1. The molecule has 0 spiro atoms. The largest absolute Gasteiger partial charge is 0.508 e. The van der Waals surface area contributed by atoms with Gasteiger partial charge in [0, 0.05) is 5.69 Å². The predicted molar refractivity (Wildman–Crippen MR) is 63.6 cm³/mol. The number of furan rings is 1. The number of hydrogen-bond donors (Lipinski definition) is 2. The van der Waals surface area contributed by atoms with Crippen molar-refractivity contribution < 1.29 is 9.52 Å². The zero-order chi connectivity index (χ0) is 12.3. The van der Waals surface area contributed by atoms with E-state index in [1.807, 2.05) is 13.0 Å². The van der Waals surface area contributed by atoms with Crippen molar-refractivity contribution in [2.45, 2.75) is 13.5 Å². The Kier molecular flexibility index (Phi) is 3.01. The van der Waals surface area contributed by atoms with Crippen LogP contribution in [-0.4, -0.2) is 5.11 Å². The number of rotatable bonds is 3. The van der Waals surface area contributed by atoms with Gasteiger partial charge >= 0.3 is 0 Å². The van der Waals surface area contributed by atoms with Crippen LogP contribution < -0.4 is 5.32 Å². The van der Waals surface area contributed by atoms with Crippen molar-refractivity contribution in [3.05, 3.63) is 47.4 Å². The summed E-state index contributed by atoms with van der Waals surface area (Å²) in [7, 11) is 0. The third kappa shape index (κ3) is 2.58. The van der Waals surface area contributed by atoms with Crippen molar-refractivity contribution >= 4 is 5.69 Å². The van der Waals surface area contributed by atoms with Gasteiger partial charge in [0.05, 0.1) is 6.54 Å². The van der Waals surface area contributed by atoms with Crippen LogP contribution in [0.5, 0.6) is 5.75 Å². The van der Waals surface area contributed by atoms with Gasteiger partial charge in [-0.2, -0.15) is 5.26 Å². The Bertz CT molecular complexity index is 567. The second kappa shape index (κ2) is 4.62. The average molecular weight is 228 g/mol. The fourth-order valence-corrected chi connectivity index (χ4v) is 1.56. The molecule has 4 nitrogen and oxygen atoms in total. The third-order valence-corrected chi connectivity index (χ3v) is 2.43. The molecule has 17 heavy (non-hydrogen) atoms. The van der Waals surface area contributed by atoms with E-state index in [1.54, 1.807) is 30.3 Å². The standard InChI is InChI=1S/C13H12N2O2/c1-9-6-10(16)2-5-13(9)15-8-12-4-3-11(7-14)17-12/h2-6,15-16H,8H2,1H3. The number of nitriles is 1. The summed E-state index contributed by atoms with van der Waals surface area (Å²) in [6.07, 6.45) is 0. The van der Waals surface area contributed by atoms with E-state index >= 15 is 0 Å². The molecule has 0 amide bonds. The molecule has 1 aromatic heterocycles. The van der Waals surface area contributed by atoms with E-state index < -0.39 is 0 Å². The average Bonchev–Trinajstić information content (AvgIpc) is 2.76. The molecule has 0 bridgehead atoms. The molecule has 0 radical (unpaired) electrons. The molecule has 0 aliphatic carbocycles. The molecule has 0 aliphatic rings. The highest BCUT2D eigenvalue weighted by atomic mass is 16.3.